The number of nitrogens with one attached hydrogen (secondary N) is 1. The van der Waals surface area contributed by atoms with Crippen LogP contribution in [0.25, 0.3) is 0 Å². The lowest BCUT2D eigenvalue weighted by Crippen LogP contribution is -2.34. The second-order valence-corrected chi connectivity index (χ2v) is 6.93. The first-order valence-corrected chi connectivity index (χ1v) is 8.42. The van der Waals surface area contributed by atoms with Crippen LogP contribution in [0, 0.1) is 23.7 Å². The summed E-state index contributed by atoms with van der Waals surface area (Å²) in [6.07, 6.45) is 11.0. The van der Waals surface area contributed by atoms with Gasteiger partial charge in [0.2, 0.25) is 0 Å². The van der Waals surface area contributed by atoms with Gasteiger partial charge in [-0.15, -0.1) is 0 Å². The van der Waals surface area contributed by atoms with Gasteiger partial charge in [-0.3, -0.25) is 0 Å². The van der Waals surface area contributed by atoms with Gasteiger partial charge in [0.05, 0.1) is 0 Å². The van der Waals surface area contributed by atoms with E-state index in [0.717, 1.165) is 36.8 Å². The van der Waals surface area contributed by atoms with Gasteiger partial charge in [0.1, 0.15) is 0 Å². The Morgan fingerprint density at radius 3 is 1.53 bits per heavy atom. The third-order valence-corrected chi connectivity index (χ3v) is 5.32. The third kappa shape index (κ3) is 5.05. The molecular formula is C16H33N3. The van der Waals surface area contributed by atoms with Gasteiger partial charge in [0.15, 0.2) is 0 Å². The smallest absolute Gasteiger partial charge is 0.00203 e. The molecule has 2 fully saturated rings. The molecule has 0 aromatic heterocycles. The Labute approximate surface area is 118 Å². The van der Waals surface area contributed by atoms with Crippen molar-refractivity contribution < 1.29 is 0 Å². The maximum Gasteiger partial charge on any atom is -0.00203 e. The summed E-state index contributed by atoms with van der Waals surface area (Å²) in [6, 6.07) is 0. The highest BCUT2D eigenvalue weighted by Crippen LogP contribution is 2.29. The zero-order chi connectivity index (χ0) is 13.5. The highest BCUT2D eigenvalue weighted by atomic mass is 14.9. The quantitative estimate of drug-likeness (QED) is 0.690. The second kappa shape index (κ2) is 8.23. The fraction of sp³-hybridized carbons (Fsp3) is 1.00. The van der Waals surface area contributed by atoms with Crippen molar-refractivity contribution in [3.8, 4) is 0 Å². The Morgan fingerprint density at radius 2 is 1.11 bits per heavy atom. The molecule has 0 radical (unpaired) electrons. The normalized spacial score (nSPS) is 36.3. The van der Waals surface area contributed by atoms with Gasteiger partial charge in [-0.2, -0.15) is 0 Å². The zero-order valence-corrected chi connectivity index (χ0v) is 12.4. The van der Waals surface area contributed by atoms with Crippen LogP contribution < -0.4 is 16.8 Å². The minimum Gasteiger partial charge on any atom is -0.330 e. The molecule has 4 atom stereocenters. The van der Waals surface area contributed by atoms with Crippen LogP contribution in [-0.2, 0) is 0 Å². The molecule has 2 saturated carbocycles. The fourth-order valence-corrected chi connectivity index (χ4v) is 4.10. The maximum atomic E-state index is 5.81. The Hall–Kier alpha value is -0.120. The summed E-state index contributed by atoms with van der Waals surface area (Å²) in [5, 5.41) is 3.73. The van der Waals surface area contributed by atoms with E-state index in [9.17, 15) is 0 Å². The minimum atomic E-state index is 0.789. The molecule has 0 spiro atoms. The van der Waals surface area contributed by atoms with E-state index in [-0.39, 0.29) is 0 Å². The molecule has 4 unspecified atom stereocenters. The van der Waals surface area contributed by atoms with Gasteiger partial charge in [-0.25, -0.2) is 0 Å². The molecule has 0 bridgehead atoms. The topological polar surface area (TPSA) is 64.1 Å². The van der Waals surface area contributed by atoms with Crippen LogP contribution in [0.3, 0.4) is 0 Å². The summed E-state index contributed by atoms with van der Waals surface area (Å²) >= 11 is 0. The summed E-state index contributed by atoms with van der Waals surface area (Å²) < 4.78 is 0. The Balaban J connectivity index is 1.60. The van der Waals surface area contributed by atoms with Crippen LogP contribution in [0.15, 0.2) is 0 Å². The number of nitrogens with two attached hydrogens (primary N) is 2. The largest absolute Gasteiger partial charge is 0.330 e. The molecule has 0 amide bonds. The van der Waals surface area contributed by atoms with E-state index in [1.54, 1.807) is 0 Å². The molecule has 2 aliphatic carbocycles. The van der Waals surface area contributed by atoms with E-state index in [2.05, 4.69) is 5.32 Å². The highest BCUT2D eigenvalue weighted by Gasteiger charge is 2.23. The van der Waals surface area contributed by atoms with Crippen LogP contribution in [0.1, 0.15) is 51.4 Å². The van der Waals surface area contributed by atoms with E-state index in [0.29, 0.717) is 0 Å². The molecule has 2 aliphatic rings. The summed E-state index contributed by atoms with van der Waals surface area (Å²) in [5.74, 6) is 3.32. The van der Waals surface area contributed by atoms with E-state index in [1.807, 2.05) is 0 Å². The van der Waals surface area contributed by atoms with Crippen molar-refractivity contribution in [3.63, 3.8) is 0 Å². The monoisotopic (exact) mass is 267 g/mol. The standard InChI is InChI=1S/C16H33N3/c17-9-13-3-1-5-15(7-13)11-19-12-16-6-2-4-14(8-16)10-18/h13-16,19H,1-12,17-18H2. The van der Waals surface area contributed by atoms with Crippen LogP contribution >= 0.6 is 0 Å². The fourth-order valence-electron chi connectivity index (χ4n) is 4.10. The lowest BCUT2D eigenvalue weighted by atomic mass is 9.80. The van der Waals surface area contributed by atoms with Crippen molar-refractivity contribution in [2.75, 3.05) is 26.2 Å². The molecule has 3 heteroatoms. The lowest BCUT2D eigenvalue weighted by molar-refractivity contribution is 0.238. The molecule has 19 heavy (non-hydrogen) atoms. The van der Waals surface area contributed by atoms with Crippen molar-refractivity contribution in [2.24, 2.45) is 35.1 Å². The van der Waals surface area contributed by atoms with Gasteiger partial charge >= 0.3 is 0 Å². The summed E-state index contributed by atoms with van der Waals surface area (Å²) in [7, 11) is 0. The van der Waals surface area contributed by atoms with E-state index < -0.39 is 0 Å². The van der Waals surface area contributed by atoms with Gasteiger partial charge in [-0.1, -0.05) is 12.8 Å². The van der Waals surface area contributed by atoms with Crippen LogP contribution in [0.2, 0.25) is 0 Å². The molecular weight excluding hydrogens is 234 g/mol. The predicted molar refractivity (Wildman–Crippen MR) is 81.9 cm³/mol. The Morgan fingerprint density at radius 1 is 0.684 bits per heavy atom. The summed E-state index contributed by atoms with van der Waals surface area (Å²) in [5.41, 5.74) is 11.6. The maximum absolute atomic E-state index is 5.81. The van der Waals surface area contributed by atoms with Gasteiger partial charge in [0, 0.05) is 0 Å². The minimum absolute atomic E-state index is 0.789. The average Bonchev–Trinajstić information content (AvgIpc) is 2.48. The predicted octanol–water partition coefficient (Wildman–Crippen LogP) is 2.11. The van der Waals surface area contributed by atoms with Gasteiger partial charge in [-0.05, 0) is 88.4 Å². The van der Waals surface area contributed by atoms with Crippen molar-refractivity contribution in [1.82, 2.24) is 5.32 Å². The Kier molecular flexibility index (Phi) is 6.62. The summed E-state index contributed by atoms with van der Waals surface area (Å²) in [6.45, 7) is 4.19. The zero-order valence-electron chi connectivity index (χ0n) is 12.4. The molecule has 0 heterocycles. The summed E-state index contributed by atoms with van der Waals surface area (Å²) in [4.78, 5) is 0. The molecule has 0 aromatic rings. The number of rotatable bonds is 6. The number of hydrogen-bond acceptors (Lipinski definition) is 3. The molecule has 0 aromatic carbocycles. The van der Waals surface area contributed by atoms with Crippen molar-refractivity contribution in [2.45, 2.75) is 51.4 Å². The van der Waals surface area contributed by atoms with Crippen LogP contribution in [0.5, 0.6) is 0 Å². The average molecular weight is 267 g/mol. The molecule has 0 aliphatic heterocycles. The first-order chi connectivity index (χ1) is 9.31. The molecule has 112 valence electrons. The Bertz CT molecular complexity index is 220. The first kappa shape index (κ1) is 15.3. The van der Waals surface area contributed by atoms with Crippen molar-refractivity contribution in [3.05, 3.63) is 0 Å². The first-order valence-electron chi connectivity index (χ1n) is 8.42. The van der Waals surface area contributed by atoms with Crippen molar-refractivity contribution >= 4 is 0 Å². The molecule has 5 N–H and O–H groups in total. The molecule has 3 nitrogen and oxygen atoms in total. The number of hydrogen-bond donors (Lipinski definition) is 3. The lowest BCUT2D eigenvalue weighted by Gasteiger charge is -2.31. The van der Waals surface area contributed by atoms with E-state index in [1.165, 1.54) is 64.5 Å². The van der Waals surface area contributed by atoms with Crippen LogP contribution in [0.4, 0.5) is 0 Å². The van der Waals surface area contributed by atoms with E-state index in [4.69, 9.17) is 11.5 Å². The van der Waals surface area contributed by atoms with Crippen LogP contribution in [-0.4, -0.2) is 26.2 Å². The van der Waals surface area contributed by atoms with Gasteiger partial charge in [0.25, 0.3) is 0 Å². The van der Waals surface area contributed by atoms with Crippen molar-refractivity contribution in [1.29, 1.82) is 0 Å². The molecule has 2 rings (SSSR count). The SMILES string of the molecule is NCC1CCCC(CNCC2CCCC(CN)C2)C1. The third-order valence-electron chi connectivity index (χ3n) is 5.32. The van der Waals surface area contributed by atoms with E-state index >= 15 is 0 Å². The highest BCUT2D eigenvalue weighted by molar-refractivity contribution is 4.78. The van der Waals surface area contributed by atoms with Gasteiger partial charge < -0.3 is 16.8 Å². The second-order valence-electron chi connectivity index (χ2n) is 6.93. The molecule has 0 saturated heterocycles.